The van der Waals surface area contributed by atoms with Crippen LogP contribution in [0.25, 0.3) is 11.5 Å². The van der Waals surface area contributed by atoms with Crippen LogP contribution in [0.2, 0.25) is 0 Å². The molecule has 0 spiro atoms. The molecule has 5 rings (SSSR count). The van der Waals surface area contributed by atoms with Crippen LogP contribution in [-0.2, 0) is 23.0 Å². The lowest BCUT2D eigenvalue weighted by Gasteiger charge is -2.31. The molecule has 0 bridgehead atoms. The van der Waals surface area contributed by atoms with Crippen molar-refractivity contribution in [1.29, 1.82) is 0 Å². The monoisotopic (exact) mass is 432 g/mol. The smallest absolute Gasteiger partial charge is 0.314 e. The maximum absolute atomic E-state index is 12.8. The first kappa shape index (κ1) is 19.1. The number of aryl methyl sites for hydroxylation is 1. The van der Waals surface area contributed by atoms with E-state index in [1.54, 1.807) is 12.1 Å². The topological polar surface area (TPSA) is 89.2 Å². The van der Waals surface area contributed by atoms with Gasteiger partial charge in [0.25, 0.3) is 5.89 Å². The number of pyridine rings is 1. The summed E-state index contributed by atoms with van der Waals surface area (Å²) in [6, 6.07) is 9.34. The van der Waals surface area contributed by atoms with Gasteiger partial charge in [0.2, 0.25) is 15.9 Å². The molecule has 10 heteroatoms. The Morgan fingerprint density at radius 1 is 1.17 bits per heavy atom. The van der Waals surface area contributed by atoms with Gasteiger partial charge in [-0.25, -0.2) is 8.42 Å². The fourth-order valence-electron chi connectivity index (χ4n) is 3.61. The largest absolute Gasteiger partial charge is 0.415 e. The first-order valence-electron chi connectivity index (χ1n) is 9.61. The molecule has 30 heavy (non-hydrogen) atoms. The van der Waals surface area contributed by atoms with Gasteiger partial charge in [0.1, 0.15) is 0 Å². The highest BCUT2D eigenvalue weighted by Crippen LogP contribution is 2.43. The lowest BCUT2D eigenvalue weighted by atomic mass is 10.0. The van der Waals surface area contributed by atoms with E-state index in [0.717, 1.165) is 24.1 Å². The van der Waals surface area contributed by atoms with Gasteiger partial charge < -0.3 is 4.42 Å². The average molecular weight is 432 g/mol. The highest BCUT2D eigenvalue weighted by molar-refractivity contribution is 7.92. The molecule has 2 aromatic heterocycles. The maximum atomic E-state index is 12.8. The van der Waals surface area contributed by atoms with Crippen molar-refractivity contribution in [1.82, 2.24) is 15.2 Å². The van der Waals surface area contributed by atoms with E-state index in [2.05, 4.69) is 21.2 Å². The van der Waals surface area contributed by atoms with Crippen molar-refractivity contribution in [3.05, 3.63) is 59.2 Å². The lowest BCUT2D eigenvalue weighted by molar-refractivity contribution is 0.116. The summed E-state index contributed by atoms with van der Waals surface area (Å²) in [5.41, 5.74) is 3.81. The molecule has 1 aliphatic heterocycles. The van der Waals surface area contributed by atoms with Crippen molar-refractivity contribution < 1.29 is 21.6 Å². The minimum absolute atomic E-state index is 0.0548. The molecular weight excluding hydrogens is 414 g/mol. The van der Waals surface area contributed by atoms with Gasteiger partial charge >= 0.3 is 6.43 Å². The van der Waals surface area contributed by atoms with Crippen LogP contribution in [0.1, 0.15) is 47.9 Å². The molecule has 1 aliphatic carbocycles. The number of fused-ring (bicyclic) bond motifs is 1. The first-order chi connectivity index (χ1) is 14.4. The van der Waals surface area contributed by atoms with E-state index in [0.29, 0.717) is 23.6 Å². The van der Waals surface area contributed by atoms with Crippen LogP contribution >= 0.6 is 0 Å². The van der Waals surface area contributed by atoms with Crippen LogP contribution in [0.3, 0.4) is 0 Å². The number of nitrogens with zero attached hydrogens (tertiary/aromatic N) is 4. The Morgan fingerprint density at radius 3 is 2.67 bits per heavy atom. The van der Waals surface area contributed by atoms with Crippen molar-refractivity contribution in [2.75, 3.05) is 10.1 Å². The molecule has 0 amide bonds. The minimum atomic E-state index is -3.46. The summed E-state index contributed by atoms with van der Waals surface area (Å²) in [5, 5.41) is 6.89. The van der Waals surface area contributed by atoms with Crippen molar-refractivity contribution in [3.63, 3.8) is 0 Å². The molecule has 0 unspecified atom stereocenters. The van der Waals surface area contributed by atoms with Gasteiger partial charge in [-0.2, -0.15) is 8.78 Å². The molecule has 0 radical (unpaired) electrons. The number of anilines is 1. The summed E-state index contributed by atoms with van der Waals surface area (Å²) < 4.78 is 57.2. The predicted octanol–water partition coefficient (Wildman–Crippen LogP) is 3.84. The van der Waals surface area contributed by atoms with Crippen LogP contribution in [0.15, 0.2) is 40.9 Å². The SMILES string of the molecule is O=S1(=O)CCc2ccc(C3CC3)cc2N1Cc1ccc(-c2nnc(C(F)F)o2)cn1. The molecule has 0 atom stereocenters. The zero-order valence-electron chi connectivity index (χ0n) is 15.8. The molecule has 0 saturated heterocycles. The van der Waals surface area contributed by atoms with Gasteiger partial charge in [-0.05, 0) is 54.5 Å². The standard InChI is InChI=1S/C20H18F2N4O3S/c21-18(22)20-25-24-19(29-20)15-5-6-16(23-10-15)11-26-17-9-14(12-1-2-12)4-3-13(17)7-8-30(26,27)28/h3-6,9-10,12,18H,1-2,7-8,11H2. The van der Waals surface area contributed by atoms with Crippen molar-refractivity contribution in [3.8, 4) is 11.5 Å². The third-order valence-electron chi connectivity index (χ3n) is 5.40. The fraction of sp³-hybridized carbons (Fsp3) is 0.350. The third kappa shape index (κ3) is 3.55. The second kappa shape index (κ2) is 7.12. The van der Waals surface area contributed by atoms with Crippen LogP contribution in [0.4, 0.5) is 14.5 Å². The second-order valence-corrected chi connectivity index (χ2v) is 9.53. The van der Waals surface area contributed by atoms with Gasteiger partial charge in [0.15, 0.2) is 0 Å². The molecule has 1 aromatic carbocycles. The van der Waals surface area contributed by atoms with Gasteiger partial charge in [0, 0.05) is 6.20 Å². The van der Waals surface area contributed by atoms with E-state index in [9.17, 15) is 17.2 Å². The third-order valence-corrected chi connectivity index (χ3v) is 7.11. The number of benzene rings is 1. The van der Waals surface area contributed by atoms with E-state index < -0.39 is 22.3 Å². The zero-order valence-corrected chi connectivity index (χ0v) is 16.6. The Bertz CT molecular complexity index is 1190. The molecule has 2 aliphatic rings. The van der Waals surface area contributed by atoms with Crippen molar-refractivity contribution in [2.45, 2.75) is 38.2 Å². The lowest BCUT2D eigenvalue weighted by Crippen LogP contribution is -2.37. The summed E-state index contributed by atoms with van der Waals surface area (Å²) >= 11 is 0. The Hall–Kier alpha value is -2.88. The Labute approximate surface area is 171 Å². The number of hydrogen-bond donors (Lipinski definition) is 0. The Balaban J connectivity index is 1.42. The molecular formula is C20H18F2N4O3S. The molecule has 1 fully saturated rings. The van der Waals surface area contributed by atoms with Crippen LogP contribution < -0.4 is 4.31 Å². The quantitative estimate of drug-likeness (QED) is 0.609. The molecule has 3 aromatic rings. The summed E-state index contributed by atoms with van der Waals surface area (Å²) in [7, 11) is -3.46. The summed E-state index contributed by atoms with van der Waals surface area (Å²) in [5.74, 6) is -0.239. The summed E-state index contributed by atoms with van der Waals surface area (Å²) in [4.78, 5) is 4.29. The van der Waals surface area contributed by atoms with Crippen molar-refractivity contribution in [2.24, 2.45) is 0 Å². The number of hydrogen-bond acceptors (Lipinski definition) is 6. The number of alkyl halides is 2. The van der Waals surface area contributed by atoms with Crippen LogP contribution in [0, 0.1) is 0 Å². The average Bonchev–Trinajstić information content (AvgIpc) is 3.46. The van der Waals surface area contributed by atoms with Crippen LogP contribution in [-0.4, -0.2) is 29.4 Å². The van der Waals surface area contributed by atoms with Gasteiger partial charge in [-0.1, -0.05) is 12.1 Å². The van der Waals surface area contributed by atoms with Crippen molar-refractivity contribution >= 4 is 15.7 Å². The molecule has 3 heterocycles. The van der Waals surface area contributed by atoms with E-state index in [1.807, 2.05) is 12.1 Å². The van der Waals surface area contributed by atoms with Gasteiger partial charge in [-0.15, -0.1) is 10.2 Å². The number of halogens is 2. The summed E-state index contributed by atoms with van der Waals surface area (Å²) in [6.07, 6.45) is 1.34. The molecule has 1 saturated carbocycles. The Kier molecular flexibility index (Phi) is 4.53. The zero-order chi connectivity index (χ0) is 20.9. The van der Waals surface area contributed by atoms with Gasteiger partial charge in [-0.3, -0.25) is 9.29 Å². The number of aromatic nitrogens is 3. The molecule has 0 N–H and O–H groups in total. The normalized spacial score (nSPS) is 17.9. The number of rotatable bonds is 5. The molecule has 156 valence electrons. The second-order valence-electron chi connectivity index (χ2n) is 7.52. The fourth-order valence-corrected chi connectivity index (χ4v) is 5.11. The van der Waals surface area contributed by atoms with E-state index in [1.165, 1.54) is 16.1 Å². The van der Waals surface area contributed by atoms with E-state index >= 15 is 0 Å². The summed E-state index contributed by atoms with van der Waals surface area (Å²) in [6.45, 7) is 0.0931. The highest BCUT2D eigenvalue weighted by Gasteiger charge is 2.32. The minimum Gasteiger partial charge on any atom is -0.415 e. The van der Waals surface area contributed by atoms with E-state index in [4.69, 9.17) is 4.42 Å². The molecule has 7 nitrogen and oxygen atoms in total. The van der Waals surface area contributed by atoms with E-state index in [-0.39, 0.29) is 18.2 Å². The maximum Gasteiger partial charge on any atom is 0.314 e. The number of sulfonamides is 1. The Morgan fingerprint density at radius 2 is 2.00 bits per heavy atom. The predicted molar refractivity (Wildman–Crippen MR) is 105 cm³/mol. The van der Waals surface area contributed by atoms with Gasteiger partial charge in [0.05, 0.1) is 29.2 Å². The first-order valence-corrected chi connectivity index (χ1v) is 11.2. The highest BCUT2D eigenvalue weighted by atomic mass is 32.2. The van der Waals surface area contributed by atoms with Crippen LogP contribution in [0.5, 0.6) is 0 Å².